The molecule has 110 valence electrons. The van der Waals surface area contributed by atoms with E-state index in [4.69, 9.17) is 0 Å². The summed E-state index contributed by atoms with van der Waals surface area (Å²) in [5.41, 5.74) is 1.32. The zero-order valence-electron chi connectivity index (χ0n) is 11.3. The average molecular weight is 291 g/mol. The zero-order valence-corrected chi connectivity index (χ0v) is 11.3. The molecule has 2 aromatic rings. The van der Waals surface area contributed by atoms with Crippen LogP contribution in [0.1, 0.15) is 12.0 Å². The van der Waals surface area contributed by atoms with Gasteiger partial charge in [0.05, 0.1) is 0 Å². The Labute approximate surface area is 121 Å². The minimum atomic E-state index is -0.983. The molecule has 1 aromatic carbocycles. The van der Waals surface area contributed by atoms with Crippen molar-refractivity contribution in [2.45, 2.75) is 13.0 Å². The molecule has 0 atom stereocenters. The predicted octanol–water partition coefficient (Wildman–Crippen LogP) is 2.48. The number of carbonyl (C=O) groups is 1. The Morgan fingerprint density at radius 2 is 1.86 bits per heavy atom. The molecule has 0 unspecified atom stereocenters. The van der Waals surface area contributed by atoms with Gasteiger partial charge in [-0.05, 0) is 29.8 Å². The topological polar surface area (TPSA) is 54.0 Å². The zero-order chi connectivity index (χ0) is 15.1. The van der Waals surface area contributed by atoms with Crippen molar-refractivity contribution >= 4 is 11.6 Å². The summed E-state index contributed by atoms with van der Waals surface area (Å²) < 4.78 is 25.7. The van der Waals surface area contributed by atoms with Crippen LogP contribution < -0.4 is 10.6 Å². The van der Waals surface area contributed by atoms with Gasteiger partial charge in [0, 0.05) is 43.7 Å². The summed E-state index contributed by atoms with van der Waals surface area (Å²) in [6, 6.07) is 7.02. The van der Waals surface area contributed by atoms with E-state index in [0.29, 0.717) is 13.1 Å². The second-order valence-corrected chi connectivity index (χ2v) is 4.46. The van der Waals surface area contributed by atoms with E-state index in [1.54, 1.807) is 12.4 Å². The van der Waals surface area contributed by atoms with Crippen molar-refractivity contribution in [3.8, 4) is 0 Å². The van der Waals surface area contributed by atoms with Crippen LogP contribution >= 0.6 is 0 Å². The minimum Gasteiger partial charge on any atom is -0.326 e. The van der Waals surface area contributed by atoms with Gasteiger partial charge in [0.15, 0.2) is 11.6 Å². The summed E-state index contributed by atoms with van der Waals surface area (Å²) in [4.78, 5) is 15.6. The quantitative estimate of drug-likeness (QED) is 0.804. The van der Waals surface area contributed by atoms with E-state index in [1.807, 2.05) is 12.1 Å². The highest BCUT2D eigenvalue weighted by atomic mass is 19.2. The maximum absolute atomic E-state index is 13.0. The van der Waals surface area contributed by atoms with Gasteiger partial charge in [-0.15, -0.1) is 0 Å². The maximum atomic E-state index is 13.0. The van der Waals surface area contributed by atoms with Gasteiger partial charge >= 0.3 is 0 Å². The lowest BCUT2D eigenvalue weighted by Gasteiger charge is -2.07. The molecular weight excluding hydrogens is 276 g/mol. The van der Waals surface area contributed by atoms with Crippen molar-refractivity contribution in [2.24, 2.45) is 0 Å². The first-order valence-corrected chi connectivity index (χ1v) is 6.49. The molecule has 1 heterocycles. The molecule has 0 aliphatic heterocycles. The second-order valence-electron chi connectivity index (χ2n) is 4.46. The molecule has 0 fully saturated rings. The molecule has 21 heavy (non-hydrogen) atoms. The molecule has 0 aliphatic carbocycles. The largest absolute Gasteiger partial charge is 0.326 e. The highest BCUT2D eigenvalue weighted by Gasteiger charge is 2.06. The number of hydrogen-bond donors (Lipinski definition) is 2. The molecule has 0 saturated heterocycles. The third-order valence-electron chi connectivity index (χ3n) is 2.81. The second kappa shape index (κ2) is 7.44. The Balaban J connectivity index is 1.71. The van der Waals surface area contributed by atoms with E-state index >= 15 is 0 Å². The molecule has 0 aliphatic rings. The van der Waals surface area contributed by atoms with Crippen LogP contribution in [0.2, 0.25) is 0 Å². The molecule has 2 rings (SSSR count). The van der Waals surface area contributed by atoms with Crippen molar-refractivity contribution in [3.05, 3.63) is 59.9 Å². The van der Waals surface area contributed by atoms with Crippen LogP contribution in [0.4, 0.5) is 14.5 Å². The fourth-order valence-electron chi connectivity index (χ4n) is 1.73. The molecule has 0 spiro atoms. The van der Waals surface area contributed by atoms with Crippen molar-refractivity contribution in [1.82, 2.24) is 10.3 Å². The Bertz CT molecular complexity index is 605. The maximum Gasteiger partial charge on any atom is 0.225 e. The van der Waals surface area contributed by atoms with Crippen molar-refractivity contribution in [3.63, 3.8) is 0 Å². The molecule has 0 bridgehead atoms. The van der Waals surface area contributed by atoms with Crippen molar-refractivity contribution in [1.29, 1.82) is 0 Å². The SMILES string of the molecule is O=C(CCNCc1ccncc1)Nc1ccc(F)c(F)c1. The van der Waals surface area contributed by atoms with Gasteiger partial charge in [-0.25, -0.2) is 8.78 Å². The lowest BCUT2D eigenvalue weighted by Crippen LogP contribution is -2.21. The highest BCUT2D eigenvalue weighted by Crippen LogP contribution is 2.13. The number of nitrogens with zero attached hydrogens (tertiary/aromatic N) is 1. The molecule has 0 radical (unpaired) electrons. The summed E-state index contributed by atoms with van der Waals surface area (Å²) in [6.07, 6.45) is 3.64. The lowest BCUT2D eigenvalue weighted by molar-refractivity contribution is -0.116. The fourth-order valence-corrected chi connectivity index (χ4v) is 1.73. The summed E-state index contributed by atoms with van der Waals surface area (Å²) in [5, 5.41) is 5.63. The number of benzene rings is 1. The predicted molar refractivity (Wildman–Crippen MR) is 75.5 cm³/mol. The number of nitrogens with one attached hydrogen (secondary N) is 2. The smallest absolute Gasteiger partial charge is 0.225 e. The lowest BCUT2D eigenvalue weighted by atomic mass is 10.2. The highest BCUT2D eigenvalue weighted by molar-refractivity contribution is 5.90. The first-order chi connectivity index (χ1) is 10.1. The number of amides is 1. The van der Waals surface area contributed by atoms with E-state index < -0.39 is 11.6 Å². The van der Waals surface area contributed by atoms with Crippen LogP contribution in [0, 0.1) is 11.6 Å². The van der Waals surface area contributed by atoms with Gasteiger partial charge in [-0.1, -0.05) is 0 Å². The summed E-state index contributed by atoms with van der Waals surface area (Å²) in [5.74, 6) is -2.18. The van der Waals surface area contributed by atoms with Crippen molar-refractivity contribution in [2.75, 3.05) is 11.9 Å². The standard InChI is InChI=1S/C15H15F2N3O/c16-13-2-1-12(9-14(13)17)20-15(21)5-8-19-10-11-3-6-18-7-4-11/h1-4,6-7,9,19H,5,8,10H2,(H,20,21). The van der Waals surface area contributed by atoms with Crippen molar-refractivity contribution < 1.29 is 13.6 Å². The number of rotatable bonds is 6. The third kappa shape index (κ3) is 4.92. The van der Waals surface area contributed by atoms with Crippen LogP contribution in [0.15, 0.2) is 42.7 Å². The van der Waals surface area contributed by atoms with Gasteiger partial charge in [-0.2, -0.15) is 0 Å². The van der Waals surface area contributed by atoms with E-state index in [0.717, 1.165) is 17.7 Å². The monoisotopic (exact) mass is 291 g/mol. The van der Waals surface area contributed by atoms with Crippen LogP contribution in [0.25, 0.3) is 0 Å². The Morgan fingerprint density at radius 1 is 1.10 bits per heavy atom. The van der Waals surface area contributed by atoms with Gasteiger partial charge in [0.25, 0.3) is 0 Å². The first-order valence-electron chi connectivity index (χ1n) is 6.49. The molecule has 1 aromatic heterocycles. The number of anilines is 1. The third-order valence-corrected chi connectivity index (χ3v) is 2.81. The number of pyridine rings is 1. The van der Waals surface area contributed by atoms with E-state index in [-0.39, 0.29) is 18.0 Å². The molecule has 0 saturated carbocycles. The summed E-state index contributed by atoms with van der Waals surface area (Å²) in [7, 11) is 0. The minimum absolute atomic E-state index is 0.240. The Hall–Kier alpha value is -2.34. The first kappa shape index (κ1) is 15.1. The Kier molecular flexibility index (Phi) is 5.34. The molecule has 4 nitrogen and oxygen atoms in total. The van der Waals surface area contributed by atoms with E-state index in [2.05, 4.69) is 15.6 Å². The van der Waals surface area contributed by atoms with Gasteiger partial charge < -0.3 is 10.6 Å². The number of carbonyl (C=O) groups excluding carboxylic acids is 1. The van der Waals surface area contributed by atoms with E-state index in [9.17, 15) is 13.6 Å². The number of halogens is 2. The number of aromatic nitrogens is 1. The van der Waals surface area contributed by atoms with Gasteiger partial charge in [-0.3, -0.25) is 9.78 Å². The van der Waals surface area contributed by atoms with Crippen LogP contribution in [-0.4, -0.2) is 17.4 Å². The normalized spacial score (nSPS) is 10.4. The summed E-state index contributed by atoms with van der Waals surface area (Å²) in [6.45, 7) is 1.12. The fraction of sp³-hybridized carbons (Fsp3) is 0.200. The van der Waals surface area contributed by atoms with Crippen LogP contribution in [-0.2, 0) is 11.3 Å². The number of hydrogen-bond acceptors (Lipinski definition) is 3. The van der Waals surface area contributed by atoms with Crippen LogP contribution in [0.3, 0.4) is 0 Å². The molecule has 2 N–H and O–H groups in total. The summed E-state index contributed by atoms with van der Waals surface area (Å²) >= 11 is 0. The Morgan fingerprint density at radius 3 is 2.57 bits per heavy atom. The average Bonchev–Trinajstić information content (AvgIpc) is 2.49. The van der Waals surface area contributed by atoms with E-state index in [1.165, 1.54) is 6.07 Å². The molecular formula is C15H15F2N3O. The van der Waals surface area contributed by atoms with Gasteiger partial charge in [0.2, 0.25) is 5.91 Å². The van der Waals surface area contributed by atoms with Crippen LogP contribution in [0.5, 0.6) is 0 Å². The van der Waals surface area contributed by atoms with Gasteiger partial charge in [0.1, 0.15) is 0 Å². The molecule has 1 amide bonds. The molecule has 6 heteroatoms.